The minimum atomic E-state index is -4.56. The van der Waals surface area contributed by atoms with Crippen LogP contribution < -0.4 is 10.6 Å². The number of ether oxygens (including phenoxy) is 1. The summed E-state index contributed by atoms with van der Waals surface area (Å²) in [5, 5.41) is 4.99. The molecule has 2 aliphatic heterocycles. The van der Waals surface area contributed by atoms with Crippen LogP contribution in [0.3, 0.4) is 0 Å². The number of benzene rings is 1. The quantitative estimate of drug-likeness (QED) is 0.607. The molecule has 35 heavy (non-hydrogen) atoms. The molecule has 3 rings (SSSR count). The molecule has 1 aromatic carbocycles. The van der Waals surface area contributed by atoms with Crippen molar-refractivity contribution in [3.63, 3.8) is 0 Å². The van der Waals surface area contributed by atoms with Gasteiger partial charge in [0.2, 0.25) is 17.7 Å². The van der Waals surface area contributed by atoms with Crippen LogP contribution >= 0.6 is 0 Å². The molecular formula is C22H28F3N5O5. The topological polar surface area (TPSA) is 111 Å². The summed E-state index contributed by atoms with van der Waals surface area (Å²) < 4.78 is 43.7. The van der Waals surface area contributed by atoms with E-state index < -0.39 is 42.1 Å². The summed E-state index contributed by atoms with van der Waals surface area (Å²) in [5.41, 5.74) is -0.969. The average Bonchev–Trinajstić information content (AvgIpc) is 2.80. The summed E-state index contributed by atoms with van der Waals surface area (Å²) in [5.74, 6) is -1.54. The number of hydrogen-bond donors (Lipinski definition) is 2. The van der Waals surface area contributed by atoms with E-state index >= 15 is 0 Å². The maximum Gasteiger partial charge on any atom is 0.416 e. The van der Waals surface area contributed by atoms with Crippen molar-refractivity contribution in [1.82, 2.24) is 20.0 Å². The lowest BCUT2D eigenvalue weighted by atomic mass is 10.1. The first-order valence-electron chi connectivity index (χ1n) is 11.3. The highest BCUT2D eigenvalue weighted by Gasteiger charge is 2.36. The third kappa shape index (κ3) is 7.07. The number of carbonyl (C=O) groups is 4. The van der Waals surface area contributed by atoms with Crippen molar-refractivity contribution in [3.8, 4) is 0 Å². The van der Waals surface area contributed by atoms with Gasteiger partial charge in [-0.2, -0.15) is 13.2 Å². The molecule has 2 saturated heterocycles. The standard InChI is InChI=1S/C22H28F3N5O5/c1-2-35-21(34)29-10-8-28(9-11-29)14-19(32)30-7-6-26-20(33)17(30)13-18(31)27-16-5-3-4-15(12-16)22(23,24)25/h3-5,12,17H,2,6-11,13-14H2,1H3,(H,26,33)(H,27,31). The van der Waals surface area contributed by atoms with Gasteiger partial charge in [0.15, 0.2) is 0 Å². The van der Waals surface area contributed by atoms with Crippen molar-refractivity contribution in [2.24, 2.45) is 0 Å². The largest absolute Gasteiger partial charge is 0.450 e. The van der Waals surface area contributed by atoms with E-state index in [1.54, 1.807) is 11.8 Å². The molecule has 2 aliphatic rings. The van der Waals surface area contributed by atoms with Gasteiger partial charge in [0.05, 0.1) is 25.1 Å². The fourth-order valence-electron chi connectivity index (χ4n) is 3.96. The van der Waals surface area contributed by atoms with Crippen molar-refractivity contribution in [3.05, 3.63) is 29.8 Å². The van der Waals surface area contributed by atoms with E-state index in [4.69, 9.17) is 4.74 Å². The number of rotatable bonds is 6. The van der Waals surface area contributed by atoms with Crippen LogP contribution in [-0.2, 0) is 25.3 Å². The van der Waals surface area contributed by atoms with Crippen LogP contribution in [0.4, 0.5) is 23.7 Å². The number of halogens is 3. The molecule has 0 aromatic heterocycles. The molecule has 0 radical (unpaired) electrons. The van der Waals surface area contributed by atoms with Gasteiger partial charge in [-0.3, -0.25) is 19.3 Å². The number of anilines is 1. The van der Waals surface area contributed by atoms with Crippen LogP contribution in [0.2, 0.25) is 0 Å². The first-order valence-corrected chi connectivity index (χ1v) is 11.3. The molecule has 0 spiro atoms. The van der Waals surface area contributed by atoms with Crippen molar-refractivity contribution < 1.29 is 37.1 Å². The van der Waals surface area contributed by atoms with E-state index in [1.807, 2.05) is 4.90 Å². The van der Waals surface area contributed by atoms with Crippen LogP contribution in [0, 0.1) is 0 Å². The predicted octanol–water partition coefficient (Wildman–Crippen LogP) is 1.14. The van der Waals surface area contributed by atoms with Crippen molar-refractivity contribution in [2.45, 2.75) is 25.6 Å². The molecule has 1 atom stereocenters. The van der Waals surface area contributed by atoms with Crippen molar-refractivity contribution >= 4 is 29.5 Å². The highest BCUT2D eigenvalue weighted by molar-refractivity contribution is 5.97. The number of nitrogens with zero attached hydrogens (tertiary/aromatic N) is 3. The minimum Gasteiger partial charge on any atom is -0.450 e. The molecule has 0 bridgehead atoms. The molecule has 1 unspecified atom stereocenters. The van der Waals surface area contributed by atoms with Crippen molar-refractivity contribution in [1.29, 1.82) is 0 Å². The summed E-state index contributed by atoms with van der Waals surface area (Å²) in [4.78, 5) is 54.5. The lowest BCUT2D eigenvalue weighted by molar-refractivity contribution is -0.145. The molecule has 1 aromatic rings. The highest BCUT2D eigenvalue weighted by atomic mass is 19.4. The summed E-state index contributed by atoms with van der Waals surface area (Å²) in [7, 11) is 0. The molecule has 2 fully saturated rings. The monoisotopic (exact) mass is 499 g/mol. The number of nitrogens with one attached hydrogen (secondary N) is 2. The Balaban J connectivity index is 1.58. The minimum absolute atomic E-state index is 0.00962. The molecule has 4 amide bonds. The van der Waals surface area contributed by atoms with Gasteiger partial charge in [0.25, 0.3) is 0 Å². The molecule has 13 heteroatoms. The van der Waals surface area contributed by atoms with Gasteiger partial charge in [-0.15, -0.1) is 0 Å². The lowest BCUT2D eigenvalue weighted by Gasteiger charge is -2.38. The van der Waals surface area contributed by atoms with E-state index in [0.717, 1.165) is 12.1 Å². The molecular weight excluding hydrogens is 471 g/mol. The van der Waals surface area contributed by atoms with Crippen LogP contribution in [0.1, 0.15) is 18.9 Å². The maximum atomic E-state index is 13.0. The summed E-state index contributed by atoms with van der Waals surface area (Å²) in [6, 6.07) is 3.09. The first kappa shape index (κ1) is 26.3. The molecule has 2 heterocycles. The second-order valence-electron chi connectivity index (χ2n) is 8.19. The van der Waals surface area contributed by atoms with Gasteiger partial charge >= 0.3 is 12.3 Å². The zero-order chi connectivity index (χ0) is 25.6. The van der Waals surface area contributed by atoms with E-state index in [2.05, 4.69) is 10.6 Å². The van der Waals surface area contributed by atoms with Gasteiger partial charge in [-0.25, -0.2) is 4.79 Å². The second-order valence-corrected chi connectivity index (χ2v) is 8.19. The zero-order valence-electron chi connectivity index (χ0n) is 19.3. The Hall–Kier alpha value is -3.35. The Labute approximate surface area is 200 Å². The Bertz CT molecular complexity index is 950. The maximum absolute atomic E-state index is 13.0. The summed E-state index contributed by atoms with van der Waals surface area (Å²) >= 11 is 0. The SMILES string of the molecule is CCOC(=O)N1CCN(CC(=O)N2CCNC(=O)C2CC(=O)Nc2cccc(C(F)(F)F)c2)CC1. The Morgan fingerprint density at radius 3 is 2.51 bits per heavy atom. The van der Waals surface area contributed by atoms with Crippen LogP contribution in [-0.4, -0.2) is 97.0 Å². The first-order chi connectivity index (χ1) is 16.6. The number of amides is 4. The van der Waals surface area contributed by atoms with Gasteiger partial charge in [0, 0.05) is 45.0 Å². The predicted molar refractivity (Wildman–Crippen MR) is 118 cm³/mol. The number of piperazine rings is 2. The molecule has 10 nitrogen and oxygen atoms in total. The number of carbonyl (C=O) groups excluding carboxylic acids is 4. The van der Waals surface area contributed by atoms with E-state index in [-0.39, 0.29) is 37.8 Å². The Kier molecular flexibility index (Phi) is 8.54. The third-order valence-electron chi connectivity index (χ3n) is 5.76. The van der Waals surface area contributed by atoms with Crippen LogP contribution in [0.25, 0.3) is 0 Å². The van der Waals surface area contributed by atoms with E-state index in [9.17, 15) is 32.3 Å². The van der Waals surface area contributed by atoms with Gasteiger partial charge in [0.1, 0.15) is 6.04 Å². The smallest absolute Gasteiger partial charge is 0.416 e. The molecule has 2 N–H and O–H groups in total. The third-order valence-corrected chi connectivity index (χ3v) is 5.76. The normalized spacial score (nSPS) is 19.2. The average molecular weight is 499 g/mol. The molecule has 0 saturated carbocycles. The second kappa shape index (κ2) is 11.4. The summed E-state index contributed by atoms with van der Waals surface area (Å²) in [6.45, 7) is 4.13. The van der Waals surface area contributed by atoms with Crippen LogP contribution in [0.15, 0.2) is 24.3 Å². The Morgan fingerprint density at radius 1 is 1.14 bits per heavy atom. The zero-order valence-corrected chi connectivity index (χ0v) is 19.3. The van der Waals surface area contributed by atoms with Crippen LogP contribution in [0.5, 0.6) is 0 Å². The Morgan fingerprint density at radius 2 is 1.86 bits per heavy atom. The molecule has 0 aliphatic carbocycles. The highest BCUT2D eigenvalue weighted by Crippen LogP contribution is 2.30. The van der Waals surface area contributed by atoms with E-state index in [1.165, 1.54) is 17.0 Å². The number of hydrogen-bond acceptors (Lipinski definition) is 6. The number of alkyl halides is 3. The van der Waals surface area contributed by atoms with Gasteiger partial charge in [-0.05, 0) is 25.1 Å². The summed E-state index contributed by atoms with van der Waals surface area (Å²) in [6.07, 6.45) is -5.36. The molecule has 192 valence electrons. The lowest BCUT2D eigenvalue weighted by Crippen LogP contribution is -2.60. The van der Waals surface area contributed by atoms with Gasteiger partial charge in [-0.1, -0.05) is 6.07 Å². The van der Waals surface area contributed by atoms with Gasteiger partial charge < -0.3 is 25.2 Å². The van der Waals surface area contributed by atoms with Crippen molar-refractivity contribution in [2.75, 3.05) is 57.7 Å². The van der Waals surface area contributed by atoms with E-state index in [0.29, 0.717) is 26.2 Å². The fourth-order valence-corrected chi connectivity index (χ4v) is 3.96. The fraction of sp³-hybridized carbons (Fsp3) is 0.545.